The van der Waals surface area contributed by atoms with E-state index in [1.807, 2.05) is 20.8 Å². The van der Waals surface area contributed by atoms with Gasteiger partial charge in [-0.1, -0.05) is 39.3 Å². The molecule has 1 aromatic heterocycles. The van der Waals surface area contributed by atoms with Gasteiger partial charge in [-0.15, -0.1) is 0 Å². The fourth-order valence-corrected chi connectivity index (χ4v) is 3.28. The van der Waals surface area contributed by atoms with Crippen LogP contribution in [0, 0.1) is 0 Å². The average Bonchev–Trinajstić information content (AvgIpc) is 2.71. The van der Waals surface area contributed by atoms with Crippen LogP contribution in [0.4, 0.5) is 0 Å². The van der Waals surface area contributed by atoms with E-state index >= 15 is 0 Å². The van der Waals surface area contributed by atoms with Crippen LogP contribution in [0.3, 0.4) is 0 Å². The third kappa shape index (κ3) is 2.49. The Morgan fingerprint density at radius 3 is 2.47 bits per heavy atom. The lowest BCUT2D eigenvalue weighted by Gasteiger charge is -2.11. The van der Waals surface area contributed by atoms with Crippen molar-refractivity contribution in [1.29, 1.82) is 0 Å². The highest BCUT2D eigenvalue weighted by Crippen LogP contribution is 2.34. The molecule has 2 rings (SSSR count). The fourth-order valence-electron chi connectivity index (χ4n) is 1.70. The van der Waals surface area contributed by atoms with Crippen molar-refractivity contribution in [3.8, 4) is 0 Å². The second-order valence-corrected chi connectivity index (χ2v) is 8.02. The molecule has 0 amide bonds. The summed E-state index contributed by atoms with van der Waals surface area (Å²) in [7, 11) is -3.45. The van der Waals surface area contributed by atoms with Crippen molar-refractivity contribution in [3.05, 3.63) is 23.0 Å². The van der Waals surface area contributed by atoms with Crippen molar-refractivity contribution >= 4 is 32.5 Å². The molecule has 104 valence electrons. The van der Waals surface area contributed by atoms with Crippen LogP contribution in [0.2, 0.25) is 5.02 Å². The quantitative estimate of drug-likeness (QED) is 0.850. The second-order valence-electron chi connectivity index (χ2n) is 5.40. The SMILES string of the molecule is CCS(=O)(=O)c1c(Cl)ccc2nc(C(C)(C)C)oc12. The minimum atomic E-state index is -3.45. The molecule has 19 heavy (non-hydrogen) atoms. The van der Waals surface area contributed by atoms with E-state index in [4.69, 9.17) is 16.0 Å². The van der Waals surface area contributed by atoms with Gasteiger partial charge < -0.3 is 4.42 Å². The van der Waals surface area contributed by atoms with Crippen LogP contribution >= 0.6 is 11.6 Å². The number of hydrogen-bond acceptors (Lipinski definition) is 4. The molecule has 0 aliphatic carbocycles. The molecule has 0 N–H and O–H groups in total. The first-order valence-electron chi connectivity index (χ1n) is 5.99. The highest BCUT2D eigenvalue weighted by atomic mass is 35.5. The number of fused-ring (bicyclic) bond motifs is 1. The number of rotatable bonds is 2. The summed E-state index contributed by atoms with van der Waals surface area (Å²) in [6.07, 6.45) is 0. The van der Waals surface area contributed by atoms with E-state index < -0.39 is 9.84 Å². The molecule has 2 aromatic rings. The number of hydrogen-bond donors (Lipinski definition) is 0. The zero-order valence-electron chi connectivity index (χ0n) is 11.3. The molecule has 0 atom stereocenters. The Bertz CT molecular complexity index is 726. The summed E-state index contributed by atoms with van der Waals surface area (Å²) < 4.78 is 29.9. The van der Waals surface area contributed by atoms with Gasteiger partial charge in [0, 0.05) is 5.41 Å². The Kier molecular flexibility index (Phi) is 3.39. The summed E-state index contributed by atoms with van der Waals surface area (Å²) in [5, 5.41) is 0.172. The predicted molar refractivity (Wildman–Crippen MR) is 75.4 cm³/mol. The van der Waals surface area contributed by atoms with E-state index in [0.29, 0.717) is 11.4 Å². The van der Waals surface area contributed by atoms with Crippen molar-refractivity contribution < 1.29 is 12.8 Å². The molecule has 0 fully saturated rings. The Balaban J connectivity index is 2.84. The topological polar surface area (TPSA) is 60.2 Å². The van der Waals surface area contributed by atoms with E-state index in [1.54, 1.807) is 19.1 Å². The van der Waals surface area contributed by atoms with Crippen LogP contribution in [0.25, 0.3) is 11.1 Å². The van der Waals surface area contributed by atoms with Crippen molar-refractivity contribution in [3.63, 3.8) is 0 Å². The molecule has 0 aliphatic rings. The van der Waals surface area contributed by atoms with Gasteiger partial charge in [0.15, 0.2) is 15.4 Å². The monoisotopic (exact) mass is 301 g/mol. The Morgan fingerprint density at radius 1 is 1.32 bits per heavy atom. The van der Waals surface area contributed by atoms with Gasteiger partial charge in [0.25, 0.3) is 0 Å². The molecule has 4 nitrogen and oxygen atoms in total. The van der Waals surface area contributed by atoms with E-state index in [9.17, 15) is 8.42 Å². The molecule has 1 heterocycles. The lowest BCUT2D eigenvalue weighted by Crippen LogP contribution is -2.11. The zero-order valence-corrected chi connectivity index (χ0v) is 12.9. The number of aromatic nitrogens is 1. The maximum absolute atomic E-state index is 12.1. The van der Waals surface area contributed by atoms with Crippen molar-refractivity contribution in [1.82, 2.24) is 4.98 Å². The first-order chi connectivity index (χ1) is 8.66. The van der Waals surface area contributed by atoms with Gasteiger partial charge in [0.2, 0.25) is 5.89 Å². The first-order valence-corrected chi connectivity index (χ1v) is 8.02. The maximum Gasteiger partial charge on any atom is 0.200 e. The van der Waals surface area contributed by atoms with Gasteiger partial charge in [-0.25, -0.2) is 13.4 Å². The largest absolute Gasteiger partial charge is 0.439 e. The van der Waals surface area contributed by atoms with Crippen LogP contribution < -0.4 is 0 Å². The van der Waals surface area contributed by atoms with Gasteiger partial charge in [-0.2, -0.15) is 0 Å². The van der Waals surface area contributed by atoms with E-state index in [-0.39, 0.29) is 26.7 Å². The minimum Gasteiger partial charge on any atom is -0.439 e. The first kappa shape index (κ1) is 14.3. The van der Waals surface area contributed by atoms with Crippen molar-refractivity contribution in [2.75, 3.05) is 5.75 Å². The average molecular weight is 302 g/mol. The second kappa shape index (κ2) is 4.49. The van der Waals surface area contributed by atoms with Gasteiger partial charge in [-0.3, -0.25) is 0 Å². The number of halogens is 1. The summed E-state index contributed by atoms with van der Waals surface area (Å²) >= 11 is 6.02. The molecule has 0 saturated carbocycles. The van der Waals surface area contributed by atoms with Crippen LogP contribution in [-0.4, -0.2) is 19.2 Å². The molecule has 0 spiro atoms. The molecular weight excluding hydrogens is 286 g/mol. The molecule has 0 unspecified atom stereocenters. The zero-order chi connectivity index (χ0) is 14.4. The lowest BCUT2D eigenvalue weighted by molar-refractivity contribution is 0.408. The maximum atomic E-state index is 12.1. The van der Waals surface area contributed by atoms with Crippen LogP contribution in [-0.2, 0) is 15.3 Å². The summed E-state index contributed by atoms with van der Waals surface area (Å²) in [6.45, 7) is 7.43. The lowest BCUT2D eigenvalue weighted by atomic mass is 9.97. The molecule has 0 aliphatic heterocycles. The van der Waals surface area contributed by atoms with Crippen molar-refractivity contribution in [2.45, 2.75) is 38.0 Å². The molecule has 1 aromatic carbocycles. The fraction of sp³-hybridized carbons (Fsp3) is 0.462. The molecular formula is C13H16ClNO3S. The summed E-state index contributed by atoms with van der Waals surface area (Å²) in [4.78, 5) is 4.38. The number of oxazole rings is 1. The third-order valence-corrected chi connectivity index (χ3v) is 5.01. The molecule has 0 bridgehead atoms. The van der Waals surface area contributed by atoms with E-state index in [2.05, 4.69) is 4.98 Å². The Morgan fingerprint density at radius 2 is 1.95 bits per heavy atom. The summed E-state index contributed by atoms with van der Waals surface area (Å²) in [5.41, 5.74) is 0.472. The number of nitrogens with zero attached hydrogens (tertiary/aromatic N) is 1. The van der Waals surface area contributed by atoms with Crippen LogP contribution in [0.15, 0.2) is 21.4 Å². The van der Waals surface area contributed by atoms with Gasteiger partial charge >= 0.3 is 0 Å². The van der Waals surface area contributed by atoms with Crippen LogP contribution in [0.5, 0.6) is 0 Å². The van der Waals surface area contributed by atoms with Crippen LogP contribution in [0.1, 0.15) is 33.6 Å². The summed E-state index contributed by atoms with van der Waals surface area (Å²) in [5.74, 6) is 0.467. The van der Waals surface area contributed by atoms with E-state index in [0.717, 1.165) is 0 Å². The smallest absolute Gasteiger partial charge is 0.200 e. The number of sulfone groups is 1. The number of benzene rings is 1. The standard InChI is InChI=1S/C13H16ClNO3S/c1-5-19(16,17)11-8(14)6-7-9-10(11)18-12(15-9)13(2,3)4/h6-7H,5H2,1-4H3. The van der Waals surface area contributed by atoms with Crippen molar-refractivity contribution in [2.24, 2.45) is 0 Å². The molecule has 0 saturated heterocycles. The van der Waals surface area contributed by atoms with Gasteiger partial charge in [0.1, 0.15) is 10.4 Å². The molecule has 0 radical (unpaired) electrons. The Labute approximate surface area is 117 Å². The highest BCUT2D eigenvalue weighted by Gasteiger charge is 2.27. The van der Waals surface area contributed by atoms with E-state index in [1.165, 1.54) is 0 Å². The Hall–Kier alpha value is -1.07. The highest BCUT2D eigenvalue weighted by molar-refractivity contribution is 7.91. The summed E-state index contributed by atoms with van der Waals surface area (Å²) in [6, 6.07) is 3.21. The van der Waals surface area contributed by atoms with Gasteiger partial charge in [-0.05, 0) is 12.1 Å². The molecule has 6 heteroatoms. The third-order valence-electron chi connectivity index (χ3n) is 2.80. The minimum absolute atomic E-state index is 0.0304. The predicted octanol–water partition coefficient (Wildman–Crippen LogP) is 3.57. The van der Waals surface area contributed by atoms with Gasteiger partial charge in [0.05, 0.1) is 10.8 Å². The normalized spacial score (nSPS) is 13.1.